The summed E-state index contributed by atoms with van der Waals surface area (Å²) in [6.45, 7) is 3.73. The van der Waals surface area contributed by atoms with Crippen LogP contribution in [0.15, 0.2) is 58.2 Å². The van der Waals surface area contributed by atoms with Gasteiger partial charge in [0.05, 0.1) is 16.9 Å². The van der Waals surface area contributed by atoms with Gasteiger partial charge in [-0.1, -0.05) is 36.0 Å². The summed E-state index contributed by atoms with van der Waals surface area (Å²) in [4.78, 5) is 12.3. The molecule has 1 N–H and O–H groups in total. The number of hydrogen-bond donors (Lipinski definition) is 1. The van der Waals surface area contributed by atoms with Crippen molar-refractivity contribution in [3.05, 3.63) is 59.7 Å². The zero-order valence-electron chi connectivity index (χ0n) is 14.3. The van der Waals surface area contributed by atoms with Crippen LogP contribution in [0, 0.1) is 18.3 Å². The topological polar surface area (TPSA) is 91.8 Å². The number of anilines is 1. The van der Waals surface area contributed by atoms with E-state index in [9.17, 15) is 4.79 Å². The number of nitrogens with zero attached hydrogens (tertiary/aromatic N) is 3. The molecule has 130 valence electrons. The number of aryl methyl sites for hydroxylation is 1. The molecule has 0 fully saturated rings. The molecule has 0 spiro atoms. The van der Waals surface area contributed by atoms with E-state index in [0.29, 0.717) is 22.4 Å². The summed E-state index contributed by atoms with van der Waals surface area (Å²) in [5.41, 5.74) is 2.98. The highest BCUT2D eigenvalue weighted by atomic mass is 32.2. The average molecular weight is 364 g/mol. The molecule has 3 aromatic rings. The molecular weight excluding hydrogens is 348 g/mol. The molecule has 7 heteroatoms. The zero-order chi connectivity index (χ0) is 18.5. The van der Waals surface area contributed by atoms with Crippen molar-refractivity contribution < 1.29 is 9.21 Å². The molecule has 0 aliphatic carbocycles. The highest BCUT2D eigenvalue weighted by Gasteiger charge is 2.19. The molecule has 26 heavy (non-hydrogen) atoms. The normalized spacial score (nSPS) is 11.6. The Morgan fingerprint density at radius 3 is 2.81 bits per heavy atom. The van der Waals surface area contributed by atoms with Gasteiger partial charge in [-0.15, -0.1) is 10.2 Å². The summed E-state index contributed by atoms with van der Waals surface area (Å²) < 4.78 is 5.68. The van der Waals surface area contributed by atoms with Crippen molar-refractivity contribution in [1.29, 1.82) is 5.26 Å². The second kappa shape index (κ2) is 7.85. The van der Waals surface area contributed by atoms with Crippen molar-refractivity contribution in [3.8, 4) is 17.5 Å². The molecule has 1 aromatic heterocycles. The zero-order valence-corrected chi connectivity index (χ0v) is 15.1. The molecule has 0 bridgehead atoms. The van der Waals surface area contributed by atoms with E-state index in [2.05, 4.69) is 15.5 Å². The molecule has 0 radical (unpaired) electrons. The van der Waals surface area contributed by atoms with Crippen molar-refractivity contribution >= 4 is 23.4 Å². The molecule has 1 amide bonds. The lowest BCUT2D eigenvalue weighted by Crippen LogP contribution is -2.22. The van der Waals surface area contributed by atoms with E-state index in [1.54, 1.807) is 31.2 Å². The molecule has 1 heterocycles. The van der Waals surface area contributed by atoms with Gasteiger partial charge in [-0.3, -0.25) is 4.79 Å². The van der Waals surface area contributed by atoms with Crippen LogP contribution in [-0.2, 0) is 4.79 Å². The third-order valence-corrected chi connectivity index (χ3v) is 4.62. The number of aromatic nitrogens is 2. The number of rotatable bonds is 5. The number of nitriles is 1. The summed E-state index contributed by atoms with van der Waals surface area (Å²) in [6.07, 6.45) is 0. The highest BCUT2D eigenvalue weighted by Crippen LogP contribution is 2.28. The quantitative estimate of drug-likeness (QED) is 0.687. The van der Waals surface area contributed by atoms with Crippen molar-refractivity contribution in [2.45, 2.75) is 24.3 Å². The summed E-state index contributed by atoms with van der Waals surface area (Å²) in [5.74, 6) is 0.223. The molecule has 3 rings (SSSR count). The lowest BCUT2D eigenvalue weighted by molar-refractivity contribution is -0.115. The molecular formula is C19H16N4O2S. The van der Waals surface area contributed by atoms with Crippen LogP contribution in [0.1, 0.15) is 18.1 Å². The number of thioether (sulfide) groups is 1. The third kappa shape index (κ3) is 4.10. The van der Waals surface area contributed by atoms with E-state index in [4.69, 9.17) is 9.68 Å². The van der Waals surface area contributed by atoms with Gasteiger partial charge in [-0.25, -0.2) is 0 Å². The molecule has 0 aliphatic heterocycles. The Labute approximate surface area is 155 Å². The number of carbonyl (C=O) groups is 1. The number of nitrogens with one attached hydrogen (secondary N) is 1. The second-order valence-corrected chi connectivity index (χ2v) is 6.92. The maximum atomic E-state index is 12.3. The maximum absolute atomic E-state index is 12.3. The lowest BCUT2D eigenvalue weighted by atomic mass is 10.1. The Balaban J connectivity index is 1.66. The largest absolute Gasteiger partial charge is 0.411 e. The molecule has 0 saturated heterocycles. The van der Waals surface area contributed by atoms with Gasteiger partial charge in [0.1, 0.15) is 0 Å². The number of benzene rings is 2. The van der Waals surface area contributed by atoms with Gasteiger partial charge >= 0.3 is 0 Å². The van der Waals surface area contributed by atoms with E-state index in [0.717, 1.165) is 11.1 Å². The summed E-state index contributed by atoms with van der Waals surface area (Å²) in [7, 11) is 0. The lowest BCUT2D eigenvalue weighted by Gasteiger charge is -2.10. The van der Waals surface area contributed by atoms with Gasteiger partial charge in [0.25, 0.3) is 5.22 Å². The van der Waals surface area contributed by atoms with Gasteiger partial charge in [-0.05, 0) is 43.7 Å². The molecule has 0 saturated carbocycles. The van der Waals surface area contributed by atoms with Crippen molar-refractivity contribution in [2.24, 2.45) is 0 Å². The minimum absolute atomic E-state index is 0.208. The monoisotopic (exact) mass is 364 g/mol. The summed E-state index contributed by atoms with van der Waals surface area (Å²) in [5, 5.41) is 19.7. The Morgan fingerprint density at radius 2 is 2.04 bits per heavy atom. The van der Waals surface area contributed by atoms with Crippen LogP contribution in [0.5, 0.6) is 0 Å². The molecule has 0 aliphatic rings. The van der Waals surface area contributed by atoms with Crippen LogP contribution < -0.4 is 5.32 Å². The second-order valence-electron chi connectivity index (χ2n) is 5.63. The first-order valence-corrected chi connectivity index (χ1v) is 8.82. The van der Waals surface area contributed by atoms with E-state index in [-0.39, 0.29) is 5.91 Å². The molecule has 0 unspecified atom stereocenters. The van der Waals surface area contributed by atoms with Crippen LogP contribution in [0.25, 0.3) is 11.5 Å². The molecule has 1 atom stereocenters. The number of carbonyl (C=O) groups excluding carboxylic acids is 1. The standard InChI is InChI=1S/C19H16N4O2S/c1-12-6-3-4-9-16(12)18-22-23-19(25-18)26-13(2)17(24)21-15-8-5-7-14(10-15)11-20/h3-10,13H,1-2H3,(H,21,24)/t13-/m0/s1. The van der Waals surface area contributed by atoms with Gasteiger partial charge in [-0.2, -0.15) is 5.26 Å². The smallest absolute Gasteiger partial charge is 0.277 e. The van der Waals surface area contributed by atoms with Gasteiger partial charge in [0, 0.05) is 11.3 Å². The first-order chi connectivity index (χ1) is 12.6. The van der Waals surface area contributed by atoms with E-state index in [1.807, 2.05) is 37.3 Å². The predicted octanol–water partition coefficient (Wildman–Crippen LogP) is 4.04. The maximum Gasteiger partial charge on any atom is 0.277 e. The summed E-state index contributed by atoms with van der Waals surface area (Å²) >= 11 is 1.18. The first kappa shape index (κ1) is 17.7. The van der Waals surface area contributed by atoms with Crippen molar-refractivity contribution in [2.75, 3.05) is 5.32 Å². The summed E-state index contributed by atoms with van der Waals surface area (Å²) in [6, 6.07) is 16.5. The first-order valence-electron chi connectivity index (χ1n) is 7.94. The van der Waals surface area contributed by atoms with Gasteiger partial charge < -0.3 is 9.73 Å². The number of hydrogen-bond acceptors (Lipinski definition) is 6. The fourth-order valence-corrected chi connectivity index (χ4v) is 2.98. The fraction of sp³-hybridized carbons (Fsp3) is 0.158. The molecule has 6 nitrogen and oxygen atoms in total. The van der Waals surface area contributed by atoms with Crippen LogP contribution in [-0.4, -0.2) is 21.4 Å². The highest BCUT2D eigenvalue weighted by molar-refractivity contribution is 8.00. The molecule has 2 aromatic carbocycles. The van der Waals surface area contributed by atoms with Gasteiger partial charge in [0.2, 0.25) is 11.8 Å². The Morgan fingerprint density at radius 1 is 1.23 bits per heavy atom. The van der Waals surface area contributed by atoms with E-state index >= 15 is 0 Å². The van der Waals surface area contributed by atoms with E-state index < -0.39 is 5.25 Å². The Kier molecular flexibility index (Phi) is 5.34. The van der Waals surface area contributed by atoms with E-state index in [1.165, 1.54) is 11.8 Å². The van der Waals surface area contributed by atoms with Crippen LogP contribution >= 0.6 is 11.8 Å². The Hall–Kier alpha value is -3.11. The van der Waals surface area contributed by atoms with Crippen LogP contribution in [0.4, 0.5) is 5.69 Å². The fourth-order valence-electron chi connectivity index (χ4n) is 2.29. The minimum atomic E-state index is -0.439. The SMILES string of the molecule is Cc1ccccc1-c1nnc(S[C@@H](C)C(=O)Nc2cccc(C#N)c2)o1. The van der Waals surface area contributed by atoms with Crippen molar-refractivity contribution in [3.63, 3.8) is 0 Å². The average Bonchev–Trinajstić information content (AvgIpc) is 3.10. The third-order valence-electron chi connectivity index (χ3n) is 3.69. The van der Waals surface area contributed by atoms with Crippen LogP contribution in [0.2, 0.25) is 0 Å². The van der Waals surface area contributed by atoms with Crippen molar-refractivity contribution in [1.82, 2.24) is 10.2 Å². The van der Waals surface area contributed by atoms with Crippen LogP contribution in [0.3, 0.4) is 0 Å². The van der Waals surface area contributed by atoms with Gasteiger partial charge in [0.15, 0.2) is 0 Å². The minimum Gasteiger partial charge on any atom is -0.411 e. The number of amides is 1. The Bertz CT molecular complexity index is 977. The predicted molar refractivity (Wildman–Crippen MR) is 99.6 cm³/mol.